The van der Waals surface area contributed by atoms with Crippen molar-refractivity contribution in [1.29, 1.82) is 0 Å². The first kappa shape index (κ1) is 11.8. The van der Waals surface area contributed by atoms with E-state index in [9.17, 15) is 0 Å². The summed E-state index contributed by atoms with van der Waals surface area (Å²) in [6.07, 6.45) is 9.50. The quantitative estimate of drug-likeness (QED) is 0.768. The Morgan fingerprint density at radius 1 is 1.00 bits per heavy atom. The highest BCUT2D eigenvalue weighted by atomic mass is 15.2. The summed E-state index contributed by atoms with van der Waals surface area (Å²) in [7, 11) is 0. The van der Waals surface area contributed by atoms with Crippen LogP contribution in [0.5, 0.6) is 0 Å². The number of piperazine rings is 1. The smallest absolute Gasteiger partial charge is 0.0456 e. The first-order valence-electron chi connectivity index (χ1n) is 8.04. The van der Waals surface area contributed by atoms with Crippen molar-refractivity contribution in [3.63, 3.8) is 0 Å². The second kappa shape index (κ2) is 4.82. The molecule has 2 heteroatoms. The number of hydrogen-bond acceptors (Lipinski definition) is 2. The maximum atomic E-state index is 3.55. The van der Waals surface area contributed by atoms with Gasteiger partial charge in [-0.05, 0) is 48.8 Å². The minimum atomic E-state index is 0.723. The van der Waals surface area contributed by atoms with Crippen molar-refractivity contribution in [3.05, 3.63) is 28.8 Å². The molecule has 1 aliphatic carbocycles. The molecule has 2 heterocycles. The second-order valence-corrected chi connectivity index (χ2v) is 6.38. The number of fused-ring (bicyclic) bond motifs is 5. The number of hydrogen-bond donors (Lipinski definition) is 1. The summed E-state index contributed by atoms with van der Waals surface area (Å²) in [6, 6.07) is 5.58. The molecule has 1 atom stereocenters. The first-order chi connectivity index (χ1) is 9.43. The molecule has 0 amide bonds. The maximum Gasteiger partial charge on any atom is 0.0456 e. The van der Waals surface area contributed by atoms with Crippen LogP contribution < -0.4 is 10.2 Å². The lowest BCUT2D eigenvalue weighted by Crippen LogP contribution is -2.49. The highest BCUT2D eigenvalue weighted by molar-refractivity contribution is 5.67. The molecule has 1 unspecified atom stereocenters. The van der Waals surface area contributed by atoms with Crippen molar-refractivity contribution in [3.8, 4) is 0 Å². The molecule has 0 radical (unpaired) electrons. The van der Waals surface area contributed by atoms with Crippen LogP contribution in [0.1, 0.15) is 42.4 Å². The van der Waals surface area contributed by atoms with Gasteiger partial charge in [-0.2, -0.15) is 0 Å². The van der Waals surface area contributed by atoms with Crippen LogP contribution in [0.2, 0.25) is 0 Å². The molecule has 4 rings (SSSR count). The molecule has 1 N–H and O–H groups in total. The molecular weight excluding hydrogens is 232 g/mol. The lowest BCUT2D eigenvalue weighted by molar-refractivity contribution is 0.493. The fraction of sp³-hybridized carbons (Fsp3) is 0.647. The Bertz CT molecular complexity index is 480. The van der Waals surface area contributed by atoms with E-state index in [-0.39, 0.29) is 0 Å². The van der Waals surface area contributed by atoms with E-state index in [0.717, 1.165) is 12.6 Å². The Morgan fingerprint density at radius 3 is 2.79 bits per heavy atom. The number of aryl methyl sites for hydroxylation is 1. The predicted octanol–water partition coefficient (Wildman–Crippen LogP) is 2.68. The Hall–Kier alpha value is -1.02. The molecule has 1 saturated heterocycles. The van der Waals surface area contributed by atoms with Gasteiger partial charge in [-0.15, -0.1) is 0 Å². The van der Waals surface area contributed by atoms with Crippen LogP contribution in [0.15, 0.2) is 12.1 Å². The number of nitrogens with zero attached hydrogens (tertiary/aromatic N) is 1. The third kappa shape index (κ3) is 1.97. The van der Waals surface area contributed by atoms with E-state index in [2.05, 4.69) is 22.3 Å². The molecule has 19 heavy (non-hydrogen) atoms. The monoisotopic (exact) mass is 256 g/mol. The zero-order valence-corrected chi connectivity index (χ0v) is 11.8. The van der Waals surface area contributed by atoms with E-state index >= 15 is 0 Å². The van der Waals surface area contributed by atoms with Crippen molar-refractivity contribution in [2.45, 2.75) is 51.0 Å². The zero-order chi connectivity index (χ0) is 12.7. The van der Waals surface area contributed by atoms with Gasteiger partial charge in [-0.3, -0.25) is 0 Å². The molecule has 3 aliphatic rings. The average molecular weight is 256 g/mol. The molecule has 102 valence electrons. The SMILES string of the molecule is c1cc2c(c3c1CCCCCC3)N1CCNCC1C2. The summed E-state index contributed by atoms with van der Waals surface area (Å²) in [4.78, 5) is 2.71. The molecule has 1 aromatic rings. The van der Waals surface area contributed by atoms with Crippen LogP contribution in [-0.2, 0) is 19.3 Å². The lowest BCUT2D eigenvalue weighted by atomic mass is 9.90. The van der Waals surface area contributed by atoms with Gasteiger partial charge in [-0.25, -0.2) is 0 Å². The van der Waals surface area contributed by atoms with Gasteiger partial charge in [0.2, 0.25) is 0 Å². The molecule has 1 fully saturated rings. The highest BCUT2D eigenvalue weighted by Gasteiger charge is 2.33. The summed E-state index contributed by atoms with van der Waals surface area (Å²) in [5, 5.41) is 3.55. The van der Waals surface area contributed by atoms with E-state index in [1.807, 2.05) is 0 Å². The maximum absolute atomic E-state index is 3.55. The average Bonchev–Trinajstić information content (AvgIpc) is 2.77. The van der Waals surface area contributed by atoms with Crippen LogP contribution in [-0.4, -0.2) is 25.7 Å². The summed E-state index contributed by atoms with van der Waals surface area (Å²) in [5.74, 6) is 0. The topological polar surface area (TPSA) is 15.3 Å². The number of benzene rings is 1. The molecule has 1 aromatic carbocycles. The second-order valence-electron chi connectivity index (χ2n) is 6.38. The molecular formula is C17H24N2. The fourth-order valence-electron chi connectivity index (χ4n) is 4.22. The van der Waals surface area contributed by atoms with E-state index in [1.165, 1.54) is 58.0 Å². The summed E-state index contributed by atoms with van der Waals surface area (Å²) < 4.78 is 0. The number of anilines is 1. The Kier molecular flexibility index (Phi) is 2.99. The van der Waals surface area contributed by atoms with E-state index in [0.29, 0.717) is 0 Å². The molecule has 0 spiro atoms. The van der Waals surface area contributed by atoms with E-state index < -0.39 is 0 Å². The van der Waals surface area contributed by atoms with Crippen LogP contribution >= 0.6 is 0 Å². The van der Waals surface area contributed by atoms with Crippen molar-refractivity contribution >= 4 is 5.69 Å². The van der Waals surface area contributed by atoms with Gasteiger partial charge in [-0.1, -0.05) is 25.0 Å². The summed E-state index contributed by atoms with van der Waals surface area (Å²) in [5.41, 5.74) is 6.62. The zero-order valence-electron chi connectivity index (χ0n) is 11.8. The predicted molar refractivity (Wildman–Crippen MR) is 80.0 cm³/mol. The third-order valence-corrected chi connectivity index (χ3v) is 5.18. The van der Waals surface area contributed by atoms with Gasteiger partial charge in [0.15, 0.2) is 0 Å². The summed E-state index contributed by atoms with van der Waals surface area (Å²) >= 11 is 0. The minimum Gasteiger partial charge on any atom is -0.365 e. The van der Waals surface area contributed by atoms with Crippen LogP contribution in [0.4, 0.5) is 5.69 Å². The van der Waals surface area contributed by atoms with Crippen LogP contribution in [0, 0.1) is 0 Å². The Labute approximate surface area is 116 Å². The number of rotatable bonds is 0. The lowest BCUT2D eigenvalue weighted by Gasteiger charge is -2.34. The van der Waals surface area contributed by atoms with Crippen molar-refractivity contribution < 1.29 is 0 Å². The fourth-order valence-corrected chi connectivity index (χ4v) is 4.22. The highest BCUT2D eigenvalue weighted by Crippen LogP contribution is 2.39. The molecule has 0 aromatic heterocycles. The Morgan fingerprint density at radius 2 is 1.84 bits per heavy atom. The van der Waals surface area contributed by atoms with Gasteiger partial charge < -0.3 is 10.2 Å². The van der Waals surface area contributed by atoms with E-state index in [1.54, 1.807) is 22.4 Å². The molecule has 0 bridgehead atoms. The van der Waals surface area contributed by atoms with Crippen molar-refractivity contribution in [1.82, 2.24) is 5.32 Å². The standard InChI is InChI=1S/C17H24N2/c1-2-4-6-16-13(5-3-1)7-8-14-11-15-12-18-9-10-19(15)17(14)16/h7-8,15,18H,1-6,9-12H2. The first-order valence-corrected chi connectivity index (χ1v) is 8.04. The summed E-state index contributed by atoms with van der Waals surface area (Å²) in [6.45, 7) is 3.52. The molecule has 2 aliphatic heterocycles. The van der Waals surface area contributed by atoms with E-state index in [4.69, 9.17) is 0 Å². The van der Waals surface area contributed by atoms with Crippen molar-refractivity contribution in [2.75, 3.05) is 24.5 Å². The van der Waals surface area contributed by atoms with Gasteiger partial charge in [0.1, 0.15) is 0 Å². The normalized spacial score (nSPS) is 26.1. The van der Waals surface area contributed by atoms with Gasteiger partial charge in [0, 0.05) is 31.4 Å². The van der Waals surface area contributed by atoms with Gasteiger partial charge in [0.05, 0.1) is 0 Å². The minimum absolute atomic E-state index is 0.723. The number of nitrogens with one attached hydrogen (secondary N) is 1. The Balaban J connectivity index is 1.77. The van der Waals surface area contributed by atoms with Gasteiger partial charge in [0.25, 0.3) is 0 Å². The van der Waals surface area contributed by atoms with Crippen LogP contribution in [0.3, 0.4) is 0 Å². The van der Waals surface area contributed by atoms with Crippen molar-refractivity contribution in [2.24, 2.45) is 0 Å². The molecule has 0 saturated carbocycles. The van der Waals surface area contributed by atoms with Crippen LogP contribution in [0.25, 0.3) is 0 Å². The van der Waals surface area contributed by atoms with Gasteiger partial charge >= 0.3 is 0 Å². The molecule has 2 nitrogen and oxygen atoms in total. The third-order valence-electron chi connectivity index (χ3n) is 5.18. The largest absolute Gasteiger partial charge is 0.365 e.